The van der Waals surface area contributed by atoms with E-state index >= 15 is 0 Å². The molecule has 0 atom stereocenters. The highest BCUT2D eigenvalue weighted by molar-refractivity contribution is 9.10. The maximum Gasteiger partial charge on any atom is 0.306 e. The van der Waals surface area contributed by atoms with Crippen molar-refractivity contribution < 1.29 is 14.3 Å². The molecule has 0 N–H and O–H groups in total. The van der Waals surface area contributed by atoms with Crippen molar-refractivity contribution in [1.29, 1.82) is 0 Å². The van der Waals surface area contributed by atoms with Gasteiger partial charge in [-0.1, -0.05) is 22.0 Å². The molecule has 1 aliphatic heterocycles. The first-order valence-electron chi connectivity index (χ1n) is 6.94. The summed E-state index contributed by atoms with van der Waals surface area (Å²) >= 11 is 3.38. The lowest BCUT2D eigenvalue weighted by Gasteiger charge is -2.34. The Hall–Kier alpha value is -1.40. The zero-order valence-corrected chi connectivity index (χ0v) is 13.6. The van der Waals surface area contributed by atoms with Crippen LogP contribution in [-0.2, 0) is 9.53 Å². The Balaban J connectivity index is 1.83. The van der Waals surface area contributed by atoms with Gasteiger partial charge in [-0.2, -0.15) is 0 Å². The van der Waals surface area contributed by atoms with Gasteiger partial charge in [-0.15, -0.1) is 0 Å². The molecular weight excluding hydrogens is 336 g/mol. The second-order valence-corrected chi connectivity index (χ2v) is 5.89. The Morgan fingerprint density at radius 1 is 1.24 bits per heavy atom. The summed E-state index contributed by atoms with van der Waals surface area (Å²) in [5.74, 6) is -0.133. The van der Waals surface area contributed by atoms with E-state index in [-0.39, 0.29) is 11.9 Å². The van der Waals surface area contributed by atoms with E-state index in [0.29, 0.717) is 31.6 Å². The third-order valence-electron chi connectivity index (χ3n) is 3.59. The number of nitrogens with zero attached hydrogens (tertiary/aromatic N) is 2. The van der Waals surface area contributed by atoms with Gasteiger partial charge >= 0.3 is 5.97 Å². The fourth-order valence-corrected chi connectivity index (χ4v) is 2.73. The number of rotatable bonds is 4. The molecule has 21 heavy (non-hydrogen) atoms. The molecule has 0 aliphatic carbocycles. The molecular formula is C15H19BrN2O3. The number of benzene rings is 1. The standard InChI is InChI=1S/C15H19BrN2O3/c1-21-14(19)5-6-17-7-9-18(10-8-17)15(20)12-3-2-4-13(16)11-12/h2-4,11H,5-10H2,1H3. The minimum atomic E-state index is -0.192. The van der Waals surface area contributed by atoms with Crippen molar-refractivity contribution >= 4 is 27.8 Å². The first kappa shape index (κ1) is 16.0. The summed E-state index contributed by atoms with van der Waals surface area (Å²) in [6, 6.07) is 7.44. The van der Waals surface area contributed by atoms with E-state index in [1.54, 1.807) is 0 Å². The highest BCUT2D eigenvalue weighted by Gasteiger charge is 2.22. The molecule has 1 amide bonds. The summed E-state index contributed by atoms with van der Waals surface area (Å²) in [5.41, 5.74) is 0.701. The van der Waals surface area contributed by atoms with Gasteiger partial charge in [-0.05, 0) is 18.2 Å². The fourth-order valence-electron chi connectivity index (χ4n) is 2.33. The number of carbonyl (C=O) groups excluding carboxylic acids is 2. The number of amides is 1. The summed E-state index contributed by atoms with van der Waals surface area (Å²) in [5, 5.41) is 0. The number of ether oxygens (including phenoxy) is 1. The van der Waals surface area contributed by atoms with E-state index in [0.717, 1.165) is 17.6 Å². The van der Waals surface area contributed by atoms with Crippen molar-refractivity contribution in [2.24, 2.45) is 0 Å². The van der Waals surface area contributed by atoms with Crippen molar-refractivity contribution in [2.75, 3.05) is 39.8 Å². The number of hydrogen-bond acceptors (Lipinski definition) is 4. The number of methoxy groups -OCH3 is 1. The van der Waals surface area contributed by atoms with Crippen molar-refractivity contribution in [1.82, 2.24) is 9.80 Å². The summed E-state index contributed by atoms with van der Waals surface area (Å²) in [7, 11) is 1.40. The van der Waals surface area contributed by atoms with Crippen molar-refractivity contribution in [3.63, 3.8) is 0 Å². The molecule has 1 heterocycles. The molecule has 0 aromatic heterocycles. The molecule has 1 aromatic rings. The van der Waals surface area contributed by atoms with Crippen LogP contribution in [-0.4, -0.2) is 61.5 Å². The predicted molar refractivity (Wildman–Crippen MR) is 83.1 cm³/mol. The van der Waals surface area contributed by atoms with E-state index < -0.39 is 0 Å². The van der Waals surface area contributed by atoms with Gasteiger partial charge in [0.15, 0.2) is 0 Å². The van der Waals surface area contributed by atoms with Crippen molar-refractivity contribution in [2.45, 2.75) is 6.42 Å². The Morgan fingerprint density at radius 3 is 2.57 bits per heavy atom. The van der Waals surface area contributed by atoms with Crippen molar-refractivity contribution in [3.05, 3.63) is 34.3 Å². The fraction of sp³-hybridized carbons (Fsp3) is 0.467. The molecule has 1 saturated heterocycles. The lowest BCUT2D eigenvalue weighted by Crippen LogP contribution is -2.49. The number of piperazine rings is 1. The second-order valence-electron chi connectivity index (χ2n) is 4.97. The van der Waals surface area contributed by atoms with Crippen LogP contribution in [0, 0.1) is 0 Å². The summed E-state index contributed by atoms with van der Waals surface area (Å²) in [6.45, 7) is 3.64. The maximum atomic E-state index is 12.4. The molecule has 1 aromatic carbocycles. The average Bonchev–Trinajstić information content (AvgIpc) is 2.52. The molecule has 0 radical (unpaired) electrons. The summed E-state index contributed by atoms with van der Waals surface area (Å²) in [6.07, 6.45) is 0.399. The zero-order chi connectivity index (χ0) is 15.2. The maximum absolute atomic E-state index is 12.4. The van der Waals surface area contributed by atoms with E-state index in [1.165, 1.54) is 7.11 Å². The van der Waals surface area contributed by atoms with Crippen LogP contribution in [0.4, 0.5) is 0 Å². The van der Waals surface area contributed by atoms with Crippen molar-refractivity contribution in [3.8, 4) is 0 Å². The van der Waals surface area contributed by atoms with Crippen LogP contribution in [0.1, 0.15) is 16.8 Å². The smallest absolute Gasteiger partial charge is 0.306 e. The van der Waals surface area contributed by atoms with E-state index in [1.807, 2.05) is 29.2 Å². The summed E-state index contributed by atoms with van der Waals surface area (Å²) < 4.78 is 5.54. The zero-order valence-electron chi connectivity index (χ0n) is 12.0. The number of hydrogen-bond donors (Lipinski definition) is 0. The lowest BCUT2D eigenvalue weighted by atomic mass is 10.2. The molecule has 5 nitrogen and oxygen atoms in total. The van der Waals surface area contributed by atoms with E-state index in [4.69, 9.17) is 0 Å². The van der Waals surface area contributed by atoms with Crippen LogP contribution >= 0.6 is 15.9 Å². The van der Waals surface area contributed by atoms with Gasteiger partial charge < -0.3 is 9.64 Å². The third-order valence-corrected chi connectivity index (χ3v) is 4.08. The van der Waals surface area contributed by atoms with Crippen LogP contribution < -0.4 is 0 Å². The highest BCUT2D eigenvalue weighted by Crippen LogP contribution is 2.14. The Kier molecular flexibility index (Phi) is 5.76. The predicted octanol–water partition coefficient (Wildman–Crippen LogP) is 1.77. The topological polar surface area (TPSA) is 49.9 Å². The molecule has 2 rings (SSSR count). The lowest BCUT2D eigenvalue weighted by molar-refractivity contribution is -0.141. The molecule has 0 spiro atoms. The summed E-state index contributed by atoms with van der Waals surface area (Å²) in [4.78, 5) is 27.5. The molecule has 114 valence electrons. The Labute approximate surface area is 133 Å². The number of carbonyl (C=O) groups is 2. The largest absolute Gasteiger partial charge is 0.469 e. The van der Waals surface area contributed by atoms with E-state index in [2.05, 4.69) is 25.6 Å². The first-order valence-corrected chi connectivity index (χ1v) is 7.73. The van der Waals surface area contributed by atoms with Gasteiger partial charge in [0.05, 0.1) is 13.5 Å². The van der Waals surface area contributed by atoms with E-state index in [9.17, 15) is 9.59 Å². The van der Waals surface area contributed by atoms with Crippen LogP contribution in [0.3, 0.4) is 0 Å². The van der Waals surface area contributed by atoms with Gasteiger partial charge in [0.2, 0.25) is 0 Å². The minimum Gasteiger partial charge on any atom is -0.469 e. The van der Waals surface area contributed by atoms with Crippen LogP contribution in [0.25, 0.3) is 0 Å². The molecule has 1 fully saturated rings. The number of halogens is 1. The normalized spacial score (nSPS) is 15.8. The van der Waals surface area contributed by atoms with Gasteiger partial charge in [-0.25, -0.2) is 0 Å². The number of esters is 1. The monoisotopic (exact) mass is 354 g/mol. The van der Waals surface area contributed by atoms with Gasteiger partial charge in [-0.3, -0.25) is 14.5 Å². The Bertz CT molecular complexity index is 513. The molecule has 6 heteroatoms. The van der Waals surface area contributed by atoms with Crippen LogP contribution in [0.5, 0.6) is 0 Å². The minimum absolute atomic E-state index is 0.0592. The highest BCUT2D eigenvalue weighted by atomic mass is 79.9. The molecule has 0 unspecified atom stereocenters. The molecule has 1 aliphatic rings. The van der Waals surface area contributed by atoms with Gasteiger partial charge in [0.25, 0.3) is 5.91 Å². The van der Waals surface area contributed by atoms with Gasteiger partial charge in [0, 0.05) is 42.8 Å². The third kappa shape index (κ3) is 4.54. The second kappa shape index (κ2) is 7.56. The quantitative estimate of drug-likeness (QED) is 0.773. The molecule has 0 bridgehead atoms. The van der Waals surface area contributed by atoms with Crippen LogP contribution in [0.2, 0.25) is 0 Å². The van der Waals surface area contributed by atoms with Crippen LogP contribution in [0.15, 0.2) is 28.7 Å². The molecule has 0 saturated carbocycles. The SMILES string of the molecule is COC(=O)CCN1CCN(C(=O)c2cccc(Br)c2)CC1. The first-order chi connectivity index (χ1) is 10.1. The average molecular weight is 355 g/mol. The van der Waals surface area contributed by atoms with Gasteiger partial charge in [0.1, 0.15) is 0 Å². The Morgan fingerprint density at radius 2 is 1.95 bits per heavy atom.